The number of carboxylic acids is 1. The highest BCUT2D eigenvalue weighted by molar-refractivity contribution is 6.30. The monoisotopic (exact) mass is 267 g/mol. The third kappa shape index (κ3) is 2.48. The van der Waals surface area contributed by atoms with Gasteiger partial charge in [0.25, 0.3) is 5.91 Å². The van der Waals surface area contributed by atoms with E-state index in [1.54, 1.807) is 29.2 Å². The van der Waals surface area contributed by atoms with Gasteiger partial charge >= 0.3 is 5.97 Å². The van der Waals surface area contributed by atoms with Gasteiger partial charge in [-0.1, -0.05) is 18.5 Å². The van der Waals surface area contributed by atoms with Gasteiger partial charge < -0.3 is 10.0 Å². The van der Waals surface area contributed by atoms with Crippen molar-refractivity contribution in [2.45, 2.75) is 6.92 Å². The maximum absolute atomic E-state index is 12.2. The molecule has 1 N–H and O–H groups in total. The van der Waals surface area contributed by atoms with E-state index in [1.165, 1.54) is 0 Å². The van der Waals surface area contributed by atoms with E-state index in [0.29, 0.717) is 17.1 Å². The van der Waals surface area contributed by atoms with Gasteiger partial charge in [-0.25, -0.2) is 0 Å². The molecule has 1 aromatic rings. The molecule has 0 aromatic heterocycles. The van der Waals surface area contributed by atoms with Crippen LogP contribution in [0.2, 0.25) is 5.02 Å². The van der Waals surface area contributed by atoms with Crippen LogP contribution in [0, 0.1) is 11.8 Å². The summed E-state index contributed by atoms with van der Waals surface area (Å²) in [7, 11) is 0. The minimum Gasteiger partial charge on any atom is -0.481 e. The van der Waals surface area contributed by atoms with Crippen LogP contribution in [0.1, 0.15) is 17.3 Å². The highest BCUT2D eigenvalue weighted by Crippen LogP contribution is 2.25. The molecule has 1 aliphatic heterocycles. The van der Waals surface area contributed by atoms with E-state index in [2.05, 4.69) is 0 Å². The standard InChI is InChI=1S/C13H14ClNO3/c1-8-6-15(7-11(8)13(17)18)12(16)9-2-4-10(14)5-3-9/h2-5,8,11H,6-7H2,1H3,(H,17,18). The lowest BCUT2D eigenvalue weighted by atomic mass is 9.99. The highest BCUT2D eigenvalue weighted by atomic mass is 35.5. The molecular formula is C13H14ClNO3. The number of likely N-dealkylation sites (tertiary alicyclic amines) is 1. The molecule has 4 nitrogen and oxygen atoms in total. The van der Waals surface area contributed by atoms with Crippen molar-refractivity contribution >= 4 is 23.5 Å². The third-order valence-electron chi connectivity index (χ3n) is 3.31. The predicted molar refractivity (Wildman–Crippen MR) is 67.6 cm³/mol. The first-order chi connectivity index (χ1) is 8.49. The van der Waals surface area contributed by atoms with Crippen LogP contribution < -0.4 is 0 Å². The lowest BCUT2D eigenvalue weighted by Crippen LogP contribution is -2.29. The minimum atomic E-state index is -0.839. The van der Waals surface area contributed by atoms with Gasteiger partial charge in [0.1, 0.15) is 0 Å². The molecular weight excluding hydrogens is 254 g/mol. The third-order valence-corrected chi connectivity index (χ3v) is 3.56. The van der Waals surface area contributed by atoms with Crippen LogP contribution in [-0.2, 0) is 4.79 Å². The summed E-state index contributed by atoms with van der Waals surface area (Å²) in [5.41, 5.74) is 0.539. The van der Waals surface area contributed by atoms with Crippen molar-refractivity contribution in [3.05, 3.63) is 34.9 Å². The van der Waals surface area contributed by atoms with Crippen molar-refractivity contribution in [2.24, 2.45) is 11.8 Å². The number of carboxylic acid groups (broad SMARTS) is 1. The zero-order chi connectivity index (χ0) is 13.3. The largest absolute Gasteiger partial charge is 0.481 e. The molecule has 1 amide bonds. The maximum Gasteiger partial charge on any atom is 0.308 e. The average molecular weight is 268 g/mol. The van der Waals surface area contributed by atoms with Crippen molar-refractivity contribution in [1.82, 2.24) is 4.90 Å². The van der Waals surface area contributed by atoms with Crippen LogP contribution in [0.5, 0.6) is 0 Å². The Morgan fingerprint density at radius 1 is 1.28 bits per heavy atom. The van der Waals surface area contributed by atoms with Crippen molar-refractivity contribution in [1.29, 1.82) is 0 Å². The number of carbonyl (C=O) groups excluding carboxylic acids is 1. The van der Waals surface area contributed by atoms with E-state index in [0.717, 1.165) is 0 Å². The number of nitrogens with zero attached hydrogens (tertiary/aromatic N) is 1. The molecule has 5 heteroatoms. The summed E-state index contributed by atoms with van der Waals surface area (Å²) in [6.07, 6.45) is 0. The van der Waals surface area contributed by atoms with Crippen LogP contribution in [-0.4, -0.2) is 35.0 Å². The molecule has 1 aromatic carbocycles. The first-order valence-electron chi connectivity index (χ1n) is 5.76. The van der Waals surface area contributed by atoms with Gasteiger partial charge in [0.2, 0.25) is 0 Å². The summed E-state index contributed by atoms with van der Waals surface area (Å²) in [5.74, 6) is -1.46. The summed E-state index contributed by atoms with van der Waals surface area (Å²) >= 11 is 5.76. The predicted octanol–water partition coefficient (Wildman–Crippen LogP) is 2.13. The summed E-state index contributed by atoms with van der Waals surface area (Å²) < 4.78 is 0. The fraction of sp³-hybridized carbons (Fsp3) is 0.385. The lowest BCUT2D eigenvalue weighted by molar-refractivity contribution is -0.142. The van der Waals surface area contributed by atoms with Crippen molar-refractivity contribution in [3.8, 4) is 0 Å². The Balaban J connectivity index is 2.12. The Hall–Kier alpha value is -1.55. The molecule has 1 aliphatic rings. The van der Waals surface area contributed by atoms with E-state index in [4.69, 9.17) is 16.7 Å². The second kappa shape index (κ2) is 4.98. The number of hydrogen-bond acceptors (Lipinski definition) is 2. The number of rotatable bonds is 2. The van der Waals surface area contributed by atoms with Gasteiger partial charge in [0, 0.05) is 23.7 Å². The first-order valence-corrected chi connectivity index (χ1v) is 6.14. The molecule has 0 bridgehead atoms. The summed E-state index contributed by atoms with van der Waals surface area (Å²) in [6.45, 7) is 2.62. The Bertz CT molecular complexity index is 472. The first kappa shape index (κ1) is 12.9. The van der Waals surface area contributed by atoms with E-state index < -0.39 is 11.9 Å². The van der Waals surface area contributed by atoms with Crippen LogP contribution >= 0.6 is 11.6 Å². The van der Waals surface area contributed by atoms with Gasteiger partial charge in [0.05, 0.1) is 5.92 Å². The maximum atomic E-state index is 12.2. The molecule has 96 valence electrons. The molecule has 0 spiro atoms. The second-order valence-corrected chi connectivity index (χ2v) is 5.08. The normalized spacial score (nSPS) is 23.1. The number of aliphatic carboxylic acids is 1. The summed E-state index contributed by atoms with van der Waals surface area (Å²) in [4.78, 5) is 24.8. The van der Waals surface area contributed by atoms with Crippen molar-refractivity contribution < 1.29 is 14.7 Å². The molecule has 1 heterocycles. The number of halogens is 1. The smallest absolute Gasteiger partial charge is 0.308 e. The van der Waals surface area contributed by atoms with Gasteiger partial charge in [0.15, 0.2) is 0 Å². The molecule has 18 heavy (non-hydrogen) atoms. The molecule has 0 aliphatic carbocycles. The molecule has 0 saturated carbocycles. The van der Waals surface area contributed by atoms with Gasteiger partial charge in [-0.05, 0) is 30.2 Å². The Labute approximate surface area is 110 Å². The minimum absolute atomic E-state index is 0.0150. The Morgan fingerprint density at radius 2 is 1.89 bits per heavy atom. The SMILES string of the molecule is CC1CN(C(=O)c2ccc(Cl)cc2)CC1C(=O)O. The quantitative estimate of drug-likeness (QED) is 0.893. The average Bonchev–Trinajstić information content (AvgIpc) is 2.71. The zero-order valence-corrected chi connectivity index (χ0v) is 10.7. The lowest BCUT2D eigenvalue weighted by Gasteiger charge is -2.15. The summed E-state index contributed by atoms with van der Waals surface area (Å²) in [5, 5.41) is 9.61. The van der Waals surface area contributed by atoms with Crippen LogP contribution in [0.25, 0.3) is 0 Å². The Morgan fingerprint density at radius 3 is 2.39 bits per heavy atom. The fourth-order valence-electron chi connectivity index (χ4n) is 2.23. The van der Waals surface area contributed by atoms with Crippen LogP contribution in [0.3, 0.4) is 0 Å². The number of amides is 1. The molecule has 1 saturated heterocycles. The van der Waals surface area contributed by atoms with Crippen LogP contribution in [0.4, 0.5) is 0 Å². The van der Waals surface area contributed by atoms with Crippen molar-refractivity contribution in [2.75, 3.05) is 13.1 Å². The topological polar surface area (TPSA) is 57.6 Å². The van der Waals surface area contributed by atoms with Gasteiger partial charge in [-0.3, -0.25) is 9.59 Å². The van der Waals surface area contributed by atoms with E-state index in [9.17, 15) is 9.59 Å². The molecule has 2 unspecified atom stereocenters. The number of carbonyl (C=O) groups is 2. The highest BCUT2D eigenvalue weighted by Gasteiger charge is 2.37. The molecule has 0 radical (unpaired) electrons. The fourth-order valence-corrected chi connectivity index (χ4v) is 2.36. The Kier molecular flexibility index (Phi) is 3.57. The number of hydrogen-bond donors (Lipinski definition) is 1. The molecule has 1 fully saturated rings. The summed E-state index contributed by atoms with van der Waals surface area (Å²) in [6, 6.07) is 6.62. The van der Waals surface area contributed by atoms with E-state index in [1.807, 2.05) is 6.92 Å². The van der Waals surface area contributed by atoms with Gasteiger partial charge in [-0.15, -0.1) is 0 Å². The second-order valence-electron chi connectivity index (χ2n) is 4.64. The zero-order valence-electron chi connectivity index (χ0n) is 9.97. The van der Waals surface area contributed by atoms with E-state index in [-0.39, 0.29) is 18.4 Å². The van der Waals surface area contributed by atoms with Crippen LogP contribution in [0.15, 0.2) is 24.3 Å². The van der Waals surface area contributed by atoms with Gasteiger partial charge in [-0.2, -0.15) is 0 Å². The number of benzene rings is 1. The van der Waals surface area contributed by atoms with E-state index >= 15 is 0 Å². The molecule has 2 atom stereocenters. The molecule has 2 rings (SSSR count). The van der Waals surface area contributed by atoms with Crippen molar-refractivity contribution in [3.63, 3.8) is 0 Å².